The van der Waals surface area contributed by atoms with Crippen LogP contribution < -0.4 is 15.1 Å². The SMILES string of the molecule is CCOC(=O)c1c(C)[nH]c(C(=O)Nc2ccc(N3CCOCC3)cc2N2CCOCC2)c1C. The number of aromatic amines is 1. The van der Waals surface area contributed by atoms with Gasteiger partial charge in [0.2, 0.25) is 0 Å². The lowest BCUT2D eigenvalue weighted by Crippen LogP contribution is -2.38. The molecule has 0 aliphatic carbocycles. The van der Waals surface area contributed by atoms with Crippen molar-refractivity contribution in [1.29, 1.82) is 0 Å². The van der Waals surface area contributed by atoms with Crippen LogP contribution >= 0.6 is 0 Å². The van der Waals surface area contributed by atoms with Gasteiger partial charge in [-0.1, -0.05) is 0 Å². The van der Waals surface area contributed by atoms with E-state index in [-0.39, 0.29) is 12.5 Å². The van der Waals surface area contributed by atoms with Gasteiger partial charge in [-0.2, -0.15) is 0 Å². The van der Waals surface area contributed by atoms with Crippen molar-refractivity contribution in [2.24, 2.45) is 0 Å². The third-order valence-electron chi connectivity index (χ3n) is 6.10. The lowest BCUT2D eigenvalue weighted by atomic mass is 10.1. The van der Waals surface area contributed by atoms with E-state index >= 15 is 0 Å². The minimum Gasteiger partial charge on any atom is -0.462 e. The molecule has 0 radical (unpaired) electrons. The molecule has 0 atom stereocenters. The van der Waals surface area contributed by atoms with Crippen molar-refractivity contribution in [1.82, 2.24) is 4.98 Å². The number of rotatable bonds is 6. The summed E-state index contributed by atoms with van der Waals surface area (Å²) in [4.78, 5) is 33.2. The maximum Gasteiger partial charge on any atom is 0.340 e. The highest BCUT2D eigenvalue weighted by atomic mass is 16.5. The molecule has 3 heterocycles. The number of carbonyl (C=O) groups excluding carboxylic acids is 2. The number of aryl methyl sites for hydroxylation is 1. The number of aromatic nitrogens is 1. The van der Waals surface area contributed by atoms with Crippen molar-refractivity contribution >= 4 is 28.9 Å². The first-order chi connectivity index (χ1) is 16.0. The largest absolute Gasteiger partial charge is 0.462 e. The van der Waals surface area contributed by atoms with Crippen LogP contribution in [0.4, 0.5) is 17.1 Å². The number of hydrogen-bond acceptors (Lipinski definition) is 7. The fourth-order valence-electron chi connectivity index (χ4n) is 4.38. The quantitative estimate of drug-likeness (QED) is 0.645. The average Bonchev–Trinajstić information content (AvgIpc) is 3.14. The first-order valence-electron chi connectivity index (χ1n) is 11.5. The first-order valence-corrected chi connectivity index (χ1v) is 11.5. The van der Waals surface area contributed by atoms with Gasteiger partial charge in [-0.25, -0.2) is 4.79 Å². The molecule has 0 bridgehead atoms. The fourth-order valence-corrected chi connectivity index (χ4v) is 4.38. The Morgan fingerprint density at radius 2 is 1.67 bits per heavy atom. The fraction of sp³-hybridized carbons (Fsp3) is 0.500. The summed E-state index contributed by atoms with van der Waals surface area (Å²) >= 11 is 0. The summed E-state index contributed by atoms with van der Waals surface area (Å²) in [5, 5.41) is 3.06. The van der Waals surface area contributed by atoms with Crippen LogP contribution in [-0.4, -0.2) is 76.1 Å². The summed E-state index contributed by atoms with van der Waals surface area (Å²) < 4.78 is 16.2. The van der Waals surface area contributed by atoms with Crippen LogP contribution in [0, 0.1) is 13.8 Å². The van der Waals surface area contributed by atoms with Gasteiger partial charge in [0.05, 0.1) is 50.0 Å². The van der Waals surface area contributed by atoms with E-state index in [2.05, 4.69) is 26.2 Å². The number of amides is 1. The van der Waals surface area contributed by atoms with E-state index in [1.807, 2.05) is 12.1 Å². The van der Waals surface area contributed by atoms with Gasteiger partial charge in [0, 0.05) is 37.6 Å². The predicted molar refractivity (Wildman–Crippen MR) is 127 cm³/mol. The molecular formula is C24H32N4O5. The standard InChI is InChI=1S/C24H32N4O5/c1-4-33-24(30)21-16(2)22(25-17(21)3)23(29)26-19-6-5-18(27-7-11-31-12-8-27)15-20(19)28-9-13-32-14-10-28/h5-6,15,25H,4,7-14H2,1-3H3,(H,26,29). The molecule has 1 aromatic carbocycles. The summed E-state index contributed by atoms with van der Waals surface area (Å²) in [6, 6.07) is 6.11. The molecule has 1 aromatic heterocycles. The van der Waals surface area contributed by atoms with Crippen molar-refractivity contribution < 1.29 is 23.8 Å². The van der Waals surface area contributed by atoms with Crippen molar-refractivity contribution in [2.45, 2.75) is 20.8 Å². The Kier molecular flexibility index (Phi) is 7.20. The Hall–Kier alpha value is -3.04. The number of nitrogens with zero attached hydrogens (tertiary/aromatic N) is 2. The van der Waals surface area contributed by atoms with E-state index in [9.17, 15) is 9.59 Å². The van der Waals surface area contributed by atoms with E-state index < -0.39 is 5.97 Å². The zero-order chi connectivity index (χ0) is 23.4. The third-order valence-corrected chi connectivity index (χ3v) is 6.10. The molecular weight excluding hydrogens is 424 g/mol. The maximum absolute atomic E-state index is 13.2. The van der Waals surface area contributed by atoms with E-state index in [0.717, 1.165) is 43.2 Å². The zero-order valence-electron chi connectivity index (χ0n) is 19.5. The average molecular weight is 457 g/mol. The second-order valence-corrected chi connectivity index (χ2v) is 8.20. The highest BCUT2D eigenvalue weighted by molar-refractivity contribution is 6.08. The Balaban J connectivity index is 1.62. The number of carbonyl (C=O) groups is 2. The predicted octanol–water partition coefficient (Wildman–Crippen LogP) is 2.73. The monoisotopic (exact) mass is 456 g/mol. The second-order valence-electron chi connectivity index (χ2n) is 8.20. The Morgan fingerprint density at radius 3 is 2.30 bits per heavy atom. The minimum absolute atomic E-state index is 0.281. The molecule has 4 rings (SSSR count). The van der Waals surface area contributed by atoms with Crippen LogP contribution in [0.25, 0.3) is 0 Å². The van der Waals surface area contributed by atoms with Crippen molar-refractivity contribution in [2.75, 3.05) is 74.3 Å². The molecule has 9 nitrogen and oxygen atoms in total. The molecule has 9 heteroatoms. The third kappa shape index (κ3) is 4.99. The van der Waals surface area contributed by atoms with Crippen LogP contribution in [0.2, 0.25) is 0 Å². The van der Waals surface area contributed by atoms with E-state index in [0.29, 0.717) is 48.9 Å². The number of anilines is 3. The molecule has 0 saturated carbocycles. The zero-order valence-corrected chi connectivity index (χ0v) is 19.5. The maximum atomic E-state index is 13.2. The van der Waals surface area contributed by atoms with Gasteiger partial charge in [-0.3, -0.25) is 4.79 Å². The van der Waals surface area contributed by atoms with Crippen LogP contribution in [-0.2, 0) is 14.2 Å². The van der Waals surface area contributed by atoms with Gasteiger partial charge in [-0.05, 0) is 44.5 Å². The molecule has 178 valence electrons. The summed E-state index contributed by atoms with van der Waals surface area (Å²) in [6.45, 7) is 11.5. The lowest BCUT2D eigenvalue weighted by molar-refractivity contribution is 0.0525. The number of ether oxygens (including phenoxy) is 3. The molecule has 2 aliphatic heterocycles. The summed E-state index contributed by atoms with van der Waals surface area (Å²) in [5.74, 6) is -0.716. The van der Waals surface area contributed by atoms with Crippen LogP contribution in [0.1, 0.15) is 39.0 Å². The topological polar surface area (TPSA) is 96.1 Å². The molecule has 33 heavy (non-hydrogen) atoms. The van der Waals surface area contributed by atoms with Gasteiger partial charge in [0.25, 0.3) is 5.91 Å². The van der Waals surface area contributed by atoms with Crippen LogP contribution in [0.15, 0.2) is 18.2 Å². The van der Waals surface area contributed by atoms with Crippen molar-refractivity contribution in [3.63, 3.8) is 0 Å². The molecule has 2 aliphatic rings. The van der Waals surface area contributed by atoms with Gasteiger partial charge in [-0.15, -0.1) is 0 Å². The summed E-state index contributed by atoms with van der Waals surface area (Å²) in [7, 11) is 0. The van der Waals surface area contributed by atoms with Gasteiger partial charge in [0.15, 0.2) is 0 Å². The number of esters is 1. The number of hydrogen-bond donors (Lipinski definition) is 2. The van der Waals surface area contributed by atoms with E-state index in [4.69, 9.17) is 14.2 Å². The summed E-state index contributed by atoms with van der Waals surface area (Å²) in [6.07, 6.45) is 0. The van der Waals surface area contributed by atoms with Crippen LogP contribution in [0.3, 0.4) is 0 Å². The minimum atomic E-state index is -0.424. The number of morpholine rings is 2. The van der Waals surface area contributed by atoms with E-state index in [1.54, 1.807) is 20.8 Å². The normalized spacial score (nSPS) is 16.6. The highest BCUT2D eigenvalue weighted by Crippen LogP contribution is 2.33. The second kappa shape index (κ2) is 10.3. The van der Waals surface area contributed by atoms with Gasteiger partial charge >= 0.3 is 5.97 Å². The van der Waals surface area contributed by atoms with Gasteiger partial charge in [0.1, 0.15) is 5.69 Å². The lowest BCUT2D eigenvalue weighted by Gasteiger charge is -2.33. The molecule has 2 N–H and O–H groups in total. The number of H-pyrrole nitrogens is 1. The Bertz CT molecular complexity index is 1010. The number of nitrogens with one attached hydrogen (secondary N) is 2. The molecule has 0 unspecified atom stereocenters. The Morgan fingerprint density at radius 1 is 1.03 bits per heavy atom. The van der Waals surface area contributed by atoms with Crippen LogP contribution in [0.5, 0.6) is 0 Å². The molecule has 0 spiro atoms. The van der Waals surface area contributed by atoms with E-state index in [1.165, 1.54) is 0 Å². The number of benzene rings is 1. The first kappa shape index (κ1) is 23.1. The highest BCUT2D eigenvalue weighted by Gasteiger charge is 2.25. The molecule has 1 amide bonds. The summed E-state index contributed by atoms with van der Waals surface area (Å²) in [5.41, 5.74) is 4.77. The van der Waals surface area contributed by atoms with Gasteiger partial charge < -0.3 is 34.3 Å². The van der Waals surface area contributed by atoms with Crippen molar-refractivity contribution in [3.05, 3.63) is 40.7 Å². The van der Waals surface area contributed by atoms with Crippen molar-refractivity contribution in [3.8, 4) is 0 Å². The molecule has 2 aromatic rings. The Labute approximate surface area is 194 Å². The molecule has 2 fully saturated rings. The smallest absolute Gasteiger partial charge is 0.340 e. The molecule has 2 saturated heterocycles.